The quantitative estimate of drug-likeness (QED) is 0.779. The van der Waals surface area contributed by atoms with E-state index in [0.29, 0.717) is 12.5 Å². The SMILES string of the molecule is COc1cccc(C[C@H]2CCc3cc([C@H]4CC[C@](C)(CO)C4)ccc3C2)c1. The largest absolute Gasteiger partial charge is 0.497 e. The van der Waals surface area contributed by atoms with Gasteiger partial charge in [-0.1, -0.05) is 37.3 Å². The van der Waals surface area contributed by atoms with E-state index in [0.717, 1.165) is 30.9 Å². The molecule has 0 aromatic heterocycles. The van der Waals surface area contributed by atoms with Crippen LogP contribution in [-0.4, -0.2) is 18.8 Å². The van der Waals surface area contributed by atoms with Gasteiger partial charge in [-0.3, -0.25) is 0 Å². The third-order valence-electron chi connectivity index (χ3n) is 6.91. The van der Waals surface area contributed by atoms with Crippen LogP contribution in [0.2, 0.25) is 0 Å². The Morgan fingerprint density at radius 3 is 2.78 bits per heavy atom. The maximum absolute atomic E-state index is 9.66. The lowest BCUT2D eigenvalue weighted by Crippen LogP contribution is -2.18. The highest BCUT2D eigenvalue weighted by Gasteiger charge is 2.35. The van der Waals surface area contributed by atoms with Crippen LogP contribution in [0.15, 0.2) is 42.5 Å². The van der Waals surface area contributed by atoms with Gasteiger partial charge in [0.2, 0.25) is 0 Å². The van der Waals surface area contributed by atoms with E-state index in [2.05, 4.69) is 43.3 Å². The summed E-state index contributed by atoms with van der Waals surface area (Å²) in [5, 5.41) is 9.66. The molecule has 0 amide bonds. The third kappa shape index (κ3) is 4.06. The summed E-state index contributed by atoms with van der Waals surface area (Å²) in [6, 6.07) is 15.7. The molecule has 0 radical (unpaired) electrons. The summed E-state index contributed by atoms with van der Waals surface area (Å²) in [4.78, 5) is 0. The fraction of sp³-hybridized carbons (Fsp3) is 0.520. The number of aryl methyl sites for hydroxylation is 1. The zero-order chi connectivity index (χ0) is 18.9. The molecule has 2 heteroatoms. The Hall–Kier alpha value is -1.80. The lowest BCUT2D eigenvalue weighted by Gasteiger charge is -2.26. The molecule has 27 heavy (non-hydrogen) atoms. The maximum Gasteiger partial charge on any atom is 0.119 e. The lowest BCUT2D eigenvalue weighted by molar-refractivity contribution is 0.147. The van der Waals surface area contributed by atoms with Gasteiger partial charge in [0.05, 0.1) is 7.11 Å². The van der Waals surface area contributed by atoms with E-state index in [-0.39, 0.29) is 5.41 Å². The molecule has 0 saturated heterocycles. The molecule has 0 heterocycles. The number of fused-ring (bicyclic) bond motifs is 1. The van der Waals surface area contributed by atoms with Crippen molar-refractivity contribution >= 4 is 0 Å². The lowest BCUT2D eigenvalue weighted by atomic mass is 9.79. The third-order valence-corrected chi connectivity index (χ3v) is 6.91. The predicted octanol–water partition coefficient (Wildman–Crippen LogP) is 5.31. The van der Waals surface area contributed by atoms with Crippen LogP contribution in [0.4, 0.5) is 0 Å². The summed E-state index contributed by atoms with van der Waals surface area (Å²) in [5.74, 6) is 2.31. The maximum atomic E-state index is 9.66. The predicted molar refractivity (Wildman–Crippen MR) is 110 cm³/mol. The second-order valence-electron chi connectivity index (χ2n) is 9.10. The van der Waals surface area contributed by atoms with Gasteiger partial charge in [0, 0.05) is 6.61 Å². The van der Waals surface area contributed by atoms with Crippen molar-refractivity contribution < 1.29 is 9.84 Å². The minimum Gasteiger partial charge on any atom is -0.497 e. The summed E-state index contributed by atoms with van der Waals surface area (Å²) in [5.41, 5.74) is 6.11. The van der Waals surface area contributed by atoms with E-state index >= 15 is 0 Å². The number of rotatable bonds is 5. The van der Waals surface area contributed by atoms with Gasteiger partial charge < -0.3 is 9.84 Å². The second kappa shape index (κ2) is 7.67. The fourth-order valence-corrected chi connectivity index (χ4v) is 5.16. The van der Waals surface area contributed by atoms with Gasteiger partial charge in [0.25, 0.3) is 0 Å². The molecule has 1 saturated carbocycles. The van der Waals surface area contributed by atoms with Crippen molar-refractivity contribution in [2.24, 2.45) is 11.3 Å². The van der Waals surface area contributed by atoms with Crippen molar-refractivity contribution in [2.45, 2.75) is 57.8 Å². The smallest absolute Gasteiger partial charge is 0.119 e. The molecular weight excluding hydrogens is 332 g/mol. The molecule has 2 aliphatic rings. The summed E-state index contributed by atoms with van der Waals surface area (Å²) < 4.78 is 5.37. The van der Waals surface area contributed by atoms with Crippen LogP contribution in [0.1, 0.15) is 60.8 Å². The second-order valence-corrected chi connectivity index (χ2v) is 9.10. The summed E-state index contributed by atoms with van der Waals surface area (Å²) >= 11 is 0. The van der Waals surface area contributed by atoms with Crippen molar-refractivity contribution in [1.82, 2.24) is 0 Å². The fourth-order valence-electron chi connectivity index (χ4n) is 5.16. The van der Waals surface area contributed by atoms with E-state index < -0.39 is 0 Å². The van der Waals surface area contributed by atoms with Crippen molar-refractivity contribution in [3.05, 3.63) is 64.7 Å². The van der Waals surface area contributed by atoms with Crippen LogP contribution in [0, 0.1) is 11.3 Å². The Balaban J connectivity index is 1.43. The Morgan fingerprint density at radius 1 is 1.11 bits per heavy atom. The first kappa shape index (κ1) is 18.6. The molecule has 3 atom stereocenters. The molecule has 2 aromatic rings. The van der Waals surface area contributed by atoms with Crippen LogP contribution in [0.5, 0.6) is 5.75 Å². The Bertz CT molecular complexity index is 797. The van der Waals surface area contributed by atoms with Gasteiger partial charge in [-0.05, 0) is 96.6 Å². The minimum absolute atomic E-state index is 0.127. The monoisotopic (exact) mass is 364 g/mol. The highest BCUT2D eigenvalue weighted by Crippen LogP contribution is 2.46. The van der Waals surface area contributed by atoms with Crippen LogP contribution in [0.3, 0.4) is 0 Å². The Kier molecular flexibility index (Phi) is 5.27. The molecule has 2 nitrogen and oxygen atoms in total. The van der Waals surface area contributed by atoms with E-state index in [1.165, 1.54) is 36.8 Å². The van der Waals surface area contributed by atoms with Gasteiger partial charge in [-0.25, -0.2) is 0 Å². The molecule has 0 unspecified atom stereocenters. The molecular formula is C25H32O2. The number of ether oxygens (including phenoxy) is 1. The van der Waals surface area contributed by atoms with Gasteiger partial charge in [-0.15, -0.1) is 0 Å². The van der Waals surface area contributed by atoms with Gasteiger partial charge in [-0.2, -0.15) is 0 Å². The van der Waals surface area contributed by atoms with Crippen molar-refractivity contribution in [3.8, 4) is 5.75 Å². The van der Waals surface area contributed by atoms with Gasteiger partial charge in [0.1, 0.15) is 5.75 Å². The highest BCUT2D eigenvalue weighted by atomic mass is 16.5. The van der Waals surface area contributed by atoms with Crippen molar-refractivity contribution in [1.29, 1.82) is 0 Å². The van der Waals surface area contributed by atoms with Crippen LogP contribution in [-0.2, 0) is 19.3 Å². The standard InChI is InChI=1S/C25H32O2/c1-25(17-26)11-10-23(16-25)22-9-8-20-13-19(6-7-21(20)15-22)12-18-4-3-5-24(14-18)27-2/h3-5,8-9,14-15,19,23,26H,6-7,10-13,16-17H2,1-2H3/t19-,23+,25+/m1/s1. The van der Waals surface area contributed by atoms with Crippen LogP contribution >= 0.6 is 0 Å². The number of hydrogen-bond acceptors (Lipinski definition) is 2. The number of methoxy groups -OCH3 is 1. The van der Waals surface area contributed by atoms with E-state index in [9.17, 15) is 5.11 Å². The van der Waals surface area contributed by atoms with Crippen molar-refractivity contribution in [2.75, 3.05) is 13.7 Å². The minimum atomic E-state index is 0.127. The van der Waals surface area contributed by atoms with Crippen molar-refractivity contribution in [3.63, 3.8) is 0 Å². The number of benzene rings is 2. The average molecular weight is 365 g/mol. The first-order valence-electron chi connectivity index (χ1n) is 10.4. The molecule has 2 aromatic carbocycles. The topological polar surface area (TPSA) is 29.5 Å². The molecule has 0 spiro atoms. The summed E-state index contributed by atoms with van der Waals surface area (Å²) in [6.07, 6.45) is 8.28. The summed E-state index contributed by atoms with van der Waals surface area (Å²) in [7, 11) is 1.74. The molecule has 2 aliphatic carbocycles. The van der Waals surface area contributed by atoms with Gasteiger partial charge >= 0.3 is 0 Å². The first-order valence-corrected chi connectivity index (χ1v) is 10.4. The van der Waals surface area contributed by atoms with Crippen LogP contribution in [0.25, 0.3) is 0 Å². The molecule has 144 valence electrons. The Labute approximate surface area is 163 Å². The Morgan fingerprint density at radius 2 is 2.00 bits per heavy atom. The zero-order valence-corrected chi connectivity index (χ0v) is 16.7. The van der Waals surface area contributed by atoms with E-state index in [1.807, 2.05) is 6.07 Å². The molecule has 1 N–H and O–H groups in total. The molecule has 1 fully saturated rings. The number of aliphatic hydroxyl groups excluding tert-OH is 1. The highest BCUT2D eigenvalue weighted by molar-refractivity contribution is 5.37. The number of hydrogen-bond donors (Lipinski definition) is 1. The zero-order valence-electron chi connectivity index (χ0n) is 16.7. The normalized spacial score (nSPS) is 27.4. The first-order chi connectivity index (χ1) is 13.1. The van der Waals surface area contributed by atoms with E-state index in [4.69, 9.17) is 4.74 Å². The summed E-state index contributed by atoms with van der Waals surface area (Å²) in [6.45, 7) is 2.55. The average Bonchev–Trinajstić information content (AvgIpc) is 3.10. The van der Waals surface area contributed by atoms with Crippen LogP contribution < -0.4 is 4.74 Å². The molecule has 4 rings (SSSR count). The molecule has 0 aliphatic heterocycles. The molecule has 0 bridgehead atoms. The number of aliphatic hydroxyl groups is 1. The van der Waals surface area contributed by atoms with E-state index in [1.54, 1.807) is 18.2 Å². The van der Waals surface area contributed by atoms with Gasteiger partial charge in [0.15, 0.2) is 0 Å².